The van der Waals surface area contributed by atoms with Crippen molar-refractivity contribution in [2.45, 2.75) is 19.1 Å². The first kappa shape index (κ1) is 18.3. The number of rotatable bonds is 4. The monoisotopic (exact) mass is 348 g/mol. The molecule has 0 aliphatic carbocycles. The number of nitrogens with one attached hydrogen (secondary N) is 2. The number of morpholine rings is 1. The van der Waals surface area contributed by atoms with Crippen LogP contribution in [0.2, 0.25) is 0 Å². The van der Waals surface area contributed by atoms with E-state index in [2.05, 4.69) is 10.6 Å². The zero-order valence-electron chi connectivity index (χ0n) is 13.4. The van der Waals surface area contributed by atoms with Gasteiger partial charge in [-0.2, -0.15) is 0 Å². The highest BCUT2D eigenvalue weighted by atomic mass is 35.5. The summed E-state index contributed by atoms with van der Waals surface area (Å²) in [6.45, 7) is 3.22. The molecule has 3 rings (SSSR count). The highest BCUT2D eigenvalue weighted by molar-refractivity contribution is 5.95. The molecule has 1 aliphatic rings. The highest BCUT2D eigenvalue weighted by Crippen LogP contribution is 2.22. The van der Waals surface area contributed by atoms with Crippen LogP contribution in [0.25, 0.3) is 0 Å². The van der Waals surface area contributed by atoms with Gasteiger partial charge < -0.3 is 20.1 Å². The third-order valence-electron chi connectivity index (χ3n) is 3.70. The molecular weight excluding hydrogens is 328 g/mol. The van der Waals surface area contributed by atoms with Crippen LogP contribution in [0.5, 0.6) is 11.5 Å². The van der Waals surface area contributed by atoms with E-state index in [-0.39, 0.29) is 30.5 Å². The fourth-order valence-electron chi connectivity index (χ4n) is 2.48. The molecule has 5 nitrogen and oxygen atoms in total. The van der Waals surface area contributed by atoms with Crippen molar-refractivity contribution in [1.29, 1.82) is 0 Å². The lowest BCUT2D eigenvalue weighted by molar-refractivity contribution is -0.123. The number of carbonyl (C=O) groups excluding carboxylic acids is 1. The van der Waals surface area contributed by atoms with E-state index in [0.29, 0.717) is 13.2 Å². The van der Waals surface area contributed by atoms with Crippen molar-refractivity contribution in [3.63, 3.8) is 0 Å². The molecule has 1 fully saturated rings. The Balaban J connectivity index is 0.00000208. The molecule has 0 unspecified atom stereocenters. The molecular formula is C18H21ClN2O3. The first-order valence-corrected chi connectivity index (χ1v) is 7.71. The van der Waals surface area contributed by atoms with Crippen LogP contribution in [0.15, 0.2) is 54.6 Å². The molecule has 1 saturated heterocycles. The molecule has 1 aliphatic heterocycles. The number of anilines is 1. The first-order chi connectivity index (χ1) is 11.2. The lowest BCUT2D eigenvalue weighted by Gasteiger charge is -2.29. The molecule has 2 aromatic carbocycles. The van der Waals surface area contributed by atoms with Crippen molar-refractivity contribution in [3.05, 3.63) is 54.6 Å². The Morgan fingerprint density at radius 2 is 1.79 bits per heavy atom. The predicted octanol–water partition coefficient (Wildman–Crippen LogP) is 3.22. The van der Waals surface area contributed by atoms with Gasteiger partial charge in [0, 0.05) is 12.2 Å². The smallest absolute Gasteiger partial charge is 0.244 e. The summed E-state index contributed by atoms with van der Waals surface area (Å²) in [6.07, 6.45) is -0.135. The van der Waals surface area contributed by atoms with Crippen molar-refractivity contribution in [3.8, 4) is 11.5 Å². The Kier molecular flexibility index (Phi) is 6.61. The summed E-state index contributed by atoms with van der Waals surface area (Å²) < 4.78 is 11.2. The van der Waals surface area contributed by atoms with Crippen LogP contribution >= 0.6 is 12.4 Å². The Morgan fingerprint density at radius 3 is 2.46 bits per heavy atom. The second kappa shape index (κ2) is 8.68. The van der Waals surface area contributed by atoms with E-state index < -0.39 is 0 Å². The zero-order chi connectivity index (χ0) is 16.1. The molecule has 128 valence electrons. The van der Waals surface area contributed by atoms with Crippen molar-refractivity contribution >= 4 is 24.0 Å². The minimum absolute atomic E-state index is 0. The van der Waals surface area contributed by atoms with Gasteiger partial charge >= 0.3 is 0 Å². The number of hydrogen-bond acceptors (Lipinski definition) is 4. The van der Waals surface area contributed by atoms with Gasteiger partial charge in [0.05, 0.1) is 12.7 Å². The summed E-state index contributed by atoms with van der Waals surface area (Å²) in [5.74, 6) is 1.41. The van der Waals surface area contributed by atoms with Gasteiger partial charge in [-0.15, -0.1) is 12.4 Å². The average Bonchev–Trinajstić information content (AvgIpc) is 2.58. The zero-order valence-corrected chi connectivity index (χ0v) is 14.2. The molecule has 1 amide bonds. The standard InChI is InChI=1S/C18H20N2O3.ClH/c1-13-17(19-11-12-22-13)18(21)20-14-7-9-16(10-8-14)23-15-5-3-2-4-6-15;/h2-10,13,17,19H,11-12H2,1H3,(H,20,21);1H/t13-,17+;/m1./s1. The summed E-state index contributed by atoms with van der Waals surface area (Å²) in [5, 5.41) is 6.07. The number of carbonyl (C=O) groups is 1. The molecule has 0 spiro atoms. The summed E-state index contributed by atoms with van der Waals surface area (Å²) in [5.41, 5.74) is 0.731. The second-order valence-electron chi connectivity index (χ2n) is 5.44. The number of para-hydroxylation sites is 1. The van der Waals surface area contributed by atoms with Gasteiger partial charge in [-0.3, -0.25) is 4.79 Å². The van der Waals surface area contributed by atoms with Crippen molar-refractivity contribution < 1.29 is 14.3 Å². The molecule has 1 heterocycles. The van der Waals surface area contributed by atoms with Gasteiger partial charge in [0.2, 0.25) is 5.91 Å². The number of amides is 1. The molecule has 0 aromatic heterocycles. The Bertz CT molecular complexity index is 649. The maximum Gasteiger partial charge on any atom is 0.244 e. The average molecular weight is 349 g/mol. The number of benzene rings is 2. The van der Waals surface area contributed by atoms with Crippen LogP contribution in [0.3, 0.4) is 0 Å². The molecule has 0 bridgehead atoms. The number of halogens is 1. The van der Waals surface area contributed by atoms with Gasteiger partial charge in [-0.05, 0) is 43.3 Å². The third kappa shape index (κ3) is 4.71. The fraction of sp³-hybridized carbons (Fsp3) is 0.278. The maximum absolute atomic E-state index is 12.3. The van der Waals surface area contributed by atoms with E-state index >= 15 is 0 Å². The van der Waals surface area contributed by atoms with Crippen LogP contribution in [-0.2, 0) is 9.53 Å². The molecule has 24 heavy (non-hydrogen) atoms. The SMILES string of the molecule is C[C@H]1OCCN[C@@H]1C(=O)Nc1ccc(Oc2ccccc2)cc1.Cl. The normalized spacial score (nSPS) is 19.9. The summed E-state index contributed by atoms with van der Waals surface area (Å²) in [4.78, 5) is 12.3. The molecule has 0 saturated carbocycles. The van der Waals surface area contributed by atoms with E-state index in [1.807, 2.05) is 61.5 Å². The van der Waals surface area contributed by atoms with Gasteiger partial charge in [-0.25, -0.2) is 0 Å². The Hall–Kier alpha value is -2.08. The maximum atomic E-state index is 12.3. The van der Waals surface area contributed by atoms with Crippen LogP contribution in [-0.4, -0.2) is 31.2 Å². The van der Waals surface area contributed by atoms with Gasteiger partial charge in [0.25, 0.3) is 0 Å². The summed E-state index contributed by atoms with van der Waals surface area (Å²) >= 11 is 0. The largest absolute Gasteiger partial charge is 0.457 e. The molecule has 0 radical (unpaired) electrons. The van der Waals surface area contributed by atoms with Crippen LogP contribution in [0.4, 0.5) is 5.69 Å². The lowest BCUT2D eigenvalue weighted by atomic mass is 10.1. The quantitative estimate of drug-likeness (QED) is 0.890. The minimum atomic E-state index is -0.330. The molecule has 6 heteroatoms. The molecule has 2 aromatic rings. The Labute approximate surface area is 147 Å². The summed E-state index contributed by atoms with van der Waals surface area (Å²) in [7, 11) is 0. The molecule has 2 atom stereocenters. The van der Waals surface area contributed by atoms with Gasteiger partial charge in [-0.1, -0.05) is 18.2 Å². The topological polar surface area (TPSA) is 59.6 Å². The van der Waals surface area contributed by atoms with Gasteiger partial charge in [0.1, 0.15) is 17.5 Å². The number of ether oxygens (including phenoxy) is 2. The first-order valence-electron chi connectivity index (χ1n) is 7.71. The Morgan fingerprint density at radius 1 is 1.12 bits per heavy atom. The van der Waals surface area contributed by atoms with Crippen molar-refractivity contribution in [2.24, 2.45) is 0 Å². The van der Waals surface area contributed by atoms with Crippen LogP contribution in [0.1, 0.15) is 6.92 Å². The lowest BCUT2D eigenvalue weighted by Crippen LogP contribution is -2.53. The molecule has 2 N–H and O–H groups in total. The highest BCUT2D eigenvalue weighted by Gasteiger charge is 2.28. The fourth-order valence-corrected chi connectivity index (χ4v) is 2.48. The van der Waals surface area contributed by atoms with E-state index in [0.717, 1.165) is 17.2 Å². The second-order valence-corrected chi connectivity index (χ2v) is 5.44. The predicted molar refractivity (Wildman–Crippen MR) is 96.0 cm³/mol. The minimum Gasteiger partial charge on any atom is -0.457 e. The van der Waals surface area contributed by atoms with E-state index in [4.69, 9.17) is 9.47 Å². The van der Waals surface area contributed by atoms with Crippen molar-refractivity contribution in [1.82, 2.24) is 5.32 Å². The van der Waals surface area contributed by atoms with Crippen LogP contribution in [0, 0.1) is 0 Å². The van der Waals surface area contributed by atoms with E-state index in [1.165, 1.54) is 0 Å². The van der Waals surface area contributed by atoms with E-state index in [9.17, 15) is 4.79 Å². The van der Waals surface area contributed by atoms with Gasteiger partial charge in [0.15, 0.2) is 0 Å². The van der Waals surface area contributed by atoms with E-state index in [1.54, 1.807) is 0 Å². The van der Waals surface area contributed by atoms with Crippen LogP contribution < -0.4 is 15.4 Å². The summed E-state index contributed by atoms with van der Waals surface area (Å²) in [6, 6.07) is 16.5. The van der Waals surface area contributed by atoms with Crippen molar-refractivity contribution in [2.75, 3.05) is 18.5 Å². The third-order valence-corrected chi connectivity index (χ3v) is 3.70. The number of hydrogen-bond donors (Lipinski definition) is 2.